The number of carbonyl (C=O) groups is 1. The van der Waals surface area contributed by atoms with E-state index in [9.17, 15) is 20.0 Å². The molecule has 0 aliphatic carbocycles. The van der Waals surface area contributed by atoms with Crippen molar-refractivity contribution in [3.63, 3.8) is 0 Å². The van der Waals surface area contributed by atoms with Crippen molar-refractivity contribution in [1.82, 2.24) is 0 Å². The normalized spacial score (nSPS) is 10.2. The number of benzene rings is 2. The number of nitrogens with zero attached hydrogens (tertiary/aromatic N) is 1. The van der Waals surface area contributed by atoms with Gasteiger partial charge in [0.15, 0.2) is 6.61 Å². The van der Waals surface area contributed by atoms with Gasteiger partial charge in [-0.2, -0.15) is 0 Å². The minimum atomic E-state index is -0.642. The fraction of sp³-hybridized carbons (Fsp3) is 0.0714. The van der Waals surface area contributed by atoms with Crippen LogP contribution >= 0.6 is 23.2 Å². The first kappa shape index (κ1) is 16.9. The van der Waals surface area contributed by atoms with Gasteiger partial charge in [-0.3, -0.25) is 14.9 Å². The van der Waals surface area contributed by atoms with E-state index >= 15 is 0 Å². The van der Waals surface area contributed by atoms with Gasteiger partial charge in [0.2, 0.25) is 0 Å². The summed E-state index contributed by atoms with van der Waals surface area (Å²) < 4.78 is 5.23. The Balaban J connectivity index is 2.04. The molecule has 0 heterocycles. The minimum absolute atomic E-state index is 0.0926. The third-order valence-corrected chi connectivity index (χ3v) is 3.26. The molecule has 0 radical (unpaired) electrons. The Morgan fingerprint density at radius 1 is 1.26 bits per heavy atom. The van der Waals surface area contributed by atoms with E-state index in [4.69, 9.17) is 27.9 Å². The van der Waals surface area contributed by atoms with E-state index in [1.165, 1.54) is 12.1 Å². The van der Waals surface area contributed by atoms with Crippen LogP contribution in [0.3, 0.4) is 0 Å². The topological polar surface area (TPSA) is 102 Å². The third-order valence-electron chi connectivity index (χ3n) is 2.72. The first-order chi connectivity index (χ1) is 10.9. The maximum absolute atomic E-state index is 11.8. The van der Waals surface area contributed by atoms with E-state index in [0.29, 0.717) is 5.02 Å². The number of hydrogen-bond acceptors (Lipinski definition) is 5. The number of anilines is 1. The zero-order valence-corrected chi connectivity index (χ0v) is 13.0. The second kappa shape index (κ2) is 7.17. The number of carbonyl (C=O) groups excluding carboxylic acids is 1. The summed E-state index contributed by atoms with van der Waals surface area (Å²) in [5, 5.41) is 23.3. The highest BCUT2D eigenvalue weighted by Gasteiger charge is 2.13. The molecule has 0 aliphatic heterocycles. The predicted octanol–water partition coefficient (Wildman–Crippen LogP) is 3.62. The summed E-state index contributed by atoms with van der Waals surface area (Å²) in [6.07, 6.45) is 0. The highest BCUT2D eigenvalue weighted by atomic mass is 35.5. The van der Waals surface area contributed by atoms with Crippen LogP contribution in [-0.4, -0.2) is 22.5 Å². The molecule has 0 atom stereocenters. The molecule has 0 aromatic heterocycles. The summed E-state index contributed by atoms with van der Waals surface area (Å²) in [6.45, 7) is -0.414. The number of nitrogens with one attached hydrogen (secondary N) is 1. The molecule has 0 spiro atoms. The number of hydrogen-bond donors (Lipinski definition) is 2. The molecular weight excluding hydrogens is 347 g/mol. The summed E-state index contributed by atoms with van der Waals surface area (Å²) in [6, 6.07) is 7.80. The number of nitro groups is 1. The van der Waals surface area contributed by atoms with Gasteiger partial charge in [0.05, 0.1) is 15.6 Å². The van der Waals surface area contributed by atoms with Crippen LogP contribution in [0, 0.1) is 10.1 Å². The molecule has 2 aromatic carbocycles. The number of amides is 1. The fourth-order valence-corrected chi connectivity index (χ4v) is 1.99. The molecule has 2 aromatic rings. The number of aromatic hydroxyl groups is 1. The lowest BCUT2D eigenvalue weighted by atomic mass is 10.2. The van der Waals surface area contributed by atoms with Crippen LogP contribution in [0.25, 0.3) is 0 Å². The quantitative estimate of drug-likeness (QED) is 0.483. The first-order valence-electron chi connectivity index (χ1n) is 6.22. The molecule has 0 unspecified atom stereocenters. The summed E-state index contributed by atoms with van der Waals surface area (Å²) in [5.74, 6) is -0.709. The molecular formula is C14H10Cl2N2O5. The molecule has 2 N–H and O–H groups in total. The van der Waals surface area contributed by atoms with Gasteiger partial charge in [-0.25, -0.2) is 0 Å². The molecule has 23 heavy (non-hydrogen) atoms. The van der Waals surface area contributed by atoms with Gasteiger partial charge in [0.1, 0.15) is 11.5 Å². The first-order valence-corrected chi connectivity index (χ1v) is 6.97. The molecule has 0 aliphatic rings. The van der Waals surface area contributed by atoms with Crippen molar-refractivity contribution in [3.05, 3.63) is 56.6 Å². The van der Waals surface area contributed by atoms with Gasteiger partial charge >= 0.3 is 0 Å². The molecule has 120 valence electrons. The number of non-ortho nitro benzene ring substituents is 1. The molecule has 7 nitrogen and oxygen atoms in total. The average molecular weight is 357 g/mol. The second-order valence-electron chi connectivity index (χ2n) is 4.37. The second-order valence-corrected chi connectivity index (χ2v) is 5.21. The Morgan fingerprint density at radius 2 is 2.00 bits per heavy atom. The highest BCUT2D eigenvalue weighted by Crippen LogP contribution is 2.29. The van der Waals surface area contributed by atoms with Crippen LogP contribution in [0.15, 0.2) is 36.4 Å². The SMILES string of the molecule is O=C(COc1cc(Cl)ccc1Cl)Nc1cc([N+](=O)[O-])ccc1O. The maximum atomic E-state index is 11.8. The van der Waals surface area contributed by atoms with E-state index in [1.807, 2.05) is 0 Å². The summed E-state index contributed by atoms with van der Waals surface area (Å²) in [4.78, 5) is 21.9. The van der Waals surface area contributed by atoms with Crippen molar-refractivity contribution >= 4 is 40.5 Å². The lowest BCUT2D eigenvalue weighted by Crippen LogP contribution is -2.20. The number of phenolic OH excluding ortho intramolecular Hbond substituents is 1. The van der Waals surface area contributed by atoms with Crippen molar-refractivity contribution in [1.29, 1.82) is 0 Å². The smallest absolute Gasteiger partial charge is 0.271 e. The Kier molecular flexibility index (Phi) is 5.25. The van der Waals surface area contributed by atoms with E-state index < -0.39 is 17.4 Å². The number of halogens is 2. The summed E-state index contributed by atoms with van der Waals surface area (Å²) in [5.41, 5.74) is -0.359. The lowest BCUT2D eigenvalue weighted by molar-refractivity contribution is -0.384. The van der Waals surface area contributed by atoms with E-state index in [1.54, 1.807) is 6.07 Å². The zero-order valence-electron chi connectivity index (χ0n) is 11.5. The van der Waals surface area contributed by atoms with Crippen molar-refractivity contribution in [3.8, 4) is 11.5 Å². The molecule has 0 saturated heterocycles. The Bertz CT molecular complexity index is 767. The van der Waals surface area contributed by atoms with Gasteiger partial charge in [-0.05, 0) is 18.2 Å². The van der Waals surface area contributed by atoms with Crippen molar-refractivity contribution in [2.45, 2.75) is 0 Å². The van der Waals surface area contributed by atoms with Crippen LogP contribution in [-0.2, 0) is 4.79 Å². The molecule has 1 amide bonds. The van der Waals surface area contributed by atoms with Gasteiger partial charge in [0, 0.05) is 23.2 Å². The predicted molar refractivity (Wildman–Crippen MR) is 85.3 cm³/mol. The Labute approximate surface area is 140 Å². The van der Waals surface area contributed by atoms with Crippen LogP contribution in [0.2, 0.25) is 10.0 Å². The third kappa shape index (κ3) is 4.48. The number of ether oxygens (including phenoxy) is 1. The Morgan fingerprint density at radius 3 is 2.70 bits per heavy atom. The number of rotatable bonds is 5. The van der Waals surface area contributed by atoms with E-state index in [2.05, 4.69) is 5.32 Å². The van der Waals surface area contributed by atoms with Gasteiger partial charge in [-0.15, -0.1) is 0 Å². The van der Waals surface area contributed by atoms with Gasteiger partial charge < -0.3 is 15.2 Å². The monoisotopic (exact) mass is 356 g/mol. The van der Waals surface area contributed by atoms with Crippen molar-refractivity contribution in [2.75, 3.05) is 11.9 Å². The maximum Gasteiger partial charge on any atom is 0.271 e. The van der Waals surface area contributed by atoms with Crippen LogP contribution in [0.5, 0.6) is 11.5 Å². The van der Waals surface area contributed by atoms with Crippen LogP contribution in [0.1, 0.15) is 0 Å². The fourth-order valence-electron chi connectivity index (χ4n) is 1.66. The average Bonchev–Trinajstić information content (AvgIpc) is 2.50. The highest BCUT2D eigenvalue weighted by molar-refractivity contribution is 6.34. The largest absolute Gasteiger partial charge is 0.506 e. The lowest BCUT2D eigenvalue weighted by Gasteiger charge is -2.10. The summed E-state index contributed by atoms with van der Waals surface area (Å²) in [7, 11) is 0. The minimum Gasteiger partial charge on any atom is -0.506 e. The zero-order chi connectivity index (χ0) is 17.0. The van der Waals surface area contributed by atoms with Crippen LogP contribution in [0.4, 0.5) is 11.4 Å². The number of phenols is 1. The van der Waals surface area contributed by atoms with Crippen molar-refractivity contribution in [2.24, 2.45) is 0 Å². The van der Waals surface area contributed by atoms with E-state index in [-0.39, 0.29) is 27.9 Å². The Hall–Kier alpha value is -2.51. The molecule has 9 heteroatoms. The number of nitro benzene ring substituents is 1. The molecule has 0 fully saturated rings. The molecule has 0 saturated carbocycles. The standard InChI is InChI=1S/C14H10Cl2N2O5/c15-8-1-3-10(16)13(5-8)23-7-14(20)17-11-6-9(18(21)22)2-4-12(11)19/h1-6,19H,7H2,(H,17,20). The van der Waals surface area contributed by atoms with Gasteiger partial charge in [-0.1, -0.05) is 23.2 Å². The molecule has 0 bridgehead atoms. The molecule has 2 rings (SSSR count). The van der Waals surface area contributed by atoms with Crippen molar-refractivity contribution < 1.29 is 19.6 Å². The van der Waals surface area contributed by atoms with Crippen LogP contribution < -0.4 is 10.1 Å². The van der Waals surface area contributed by atoms with Gasteiger partial charge in [0.25, 0.3) is 11.6 Å². The summed E-state index contributed by atoms with van der Waals surface area (Å²) >= 11 is 11.7. The van der Waals surface area contributed by atoms with E-state index in [0.717, 1.165) is 18.2 Å².